The summed E-state index contributed by atoms with van der Waals surface area (Å²) in [7, 11) is 1.49. The summed E-state index contributed by atoms with van der Waals surface area (Å²) in [4.78, 5) is 25.9. The van der Waals surface area contributed by atoms with Crippen LogP contribution in [-0.2, 0) is 31.4 Å². The second-order valence-corrected chi connectivity index (χ2v) is 8.42. The van der Waals surface area contributed by atoms with Gasteiger partial charge in [0.2, 0.25) is 0 Å². The monoisotopic (exact) mass is 446 g/mol. The zero-order chi connectivity index (χ0) is 23.3. The minimum absolute atomic E-state index is 0.0522. The van der Waals surface area contributed by atoms with Crippen molar-refractivity contribution in [2.24, 2.45) is 7.05 Å². The van der Waals surface area contributed by atoms with Crippen LogP contribution >= 0.6 is 0 Å². The molecule has 5 rings (SSSR count). The van der Waals surface area contributed by atoms with E-state index >= 15 is 0 Å². The average molecular weight is 446 g/mol. The number of benzene rings is 2. The molecular weight excluding hydrogens is 423 g/mol. The Hall–Kier alpha value is -3.71. The Balaban J connectivity index is 1.90. The fourth-order valence-electron chi connectivity index (χ4n) is 4.74. The van der Waals surface area contributed by atoms with Crippen molar-refractivity contribution >= 4 is 16.9 Å². The summed E-state index contributed by atoms with van der Waals surface area (Å²) in [5.74, 6) is -1.49. The number of hydrogen-bond acceptors (Lipinski definition) is 3. The number of pyridine rings is 1. The lowest BCUT2D eigenvalue weighted by atomic mass is 9.95. The molecule has 0 fully saturated rings. The molecule has 2 aromatic carbocycles. The fourth-order valence-corrected chi connectivity index (χ4v) is 4.74. The van der Waals surface area contributed by atoms with Gasteiger partial charge in [0, 0.05) is 42.2 Å². The maximum absolute atomic E-state index is 13.6. The lowest BCUT2D eigenvalue weighted by molar-refractivity contribution is 0.0686. The van der Waals surface area contributed by atoms with E-state index in [0.29, 0.717) is 42.6 Å². The van der Waals surface area contributed by atoms with Crippen molar-refractivity contribution in [3.8, 4) is 11.1 Å². The van der Waals surface area contributed by atoms with Gasteiger partial charge in [-0.2, -0.15) is 0 Å². The summed E-state index contributed by atoms with van der Waals surface area (Å²) in [5.41, 5.74) is 4.95. The number of rotatable bonds is 4. The summed E-state index contributed by atoms with van der Waals surface area (Å²) >= 11 is 0. The molecule has 33 heavy (non-hydrogen) atoms. The summed E-state index contributed by atoms with van der Waals surface area (Å²) in [6.45, 7) is 3.15. The molecule has 3 heterocycles. The van der Waals surface area contributed by atoms with Crippen molar-refractivity contribution in [1.82, 2.24) is 9.13 Å². The molecule has 4 aromatic rings. The third-order valence-electron chi connectivity index (χ3n) is 6.34. The molecule has 0 aliphatic carbocycles. The first-order valence-electron chi connectivity index (χ1n) is 10.8. The molecule has 0 bridgehead atoms. The maximum Gasteiger partial charge on any atom is 0.353 e. The molecule has 6 nitrogen and oxygen atoms in total. The van der Waals surface area contributed by atoms with Crippen molar-refractivity contribution in [3.63, 3.8) is 0 Å². The smallest absolute Gasteiger partial charge is 0.353 e. The topological polar surface area (TPSA) is 73.5 Å². The third-order valence-corrected chi connectivity index (χ3v) is 6.34. The number of halogens is 1. The SMILES string of the molecule is Cc1ccc(-c2c(C(=O)O)n(C)c(=O)c3c2c2c(n3Cc3ccc(F)cc3)CCOC2)cc1. The highest BCUT2D eigenvalue weighted by atomic mass is 19.1. The second kappa shape index (κ2) is 8.01. The fraction of sp³-hybridized carbons (Fsp3) is 0.231. The number of aromatic carboxylic acids is 1. The number of carboxylic acids is 1. The van der Waals surface area contributed by atoms with Crippen LogP contribution in [0.5, 0.6) is 0 Å². The largest absolute Gasteiger partial charge is 0.477 e. The molecule has 1 aliphatic heterocycles. The molecule has 0 spiro atoms. The van der Waals surface area contributed by atoms with Gasteiger partial charge in [-0.25, -0.2) is 9.18 Å². The zero-order valence-electron chi connectivity index (χ0n) is 18.4. The molecule has 7 heteroatoms. The van der Waals surface area contributed by atoms with Crippen molar-refractivity contribution in [1.29, 1.82) is 0 Å². The zero-order valence-corrected chi connectivity index (χ0v) is 18.4. The Kier molecular flexibility index (Phi) is 5.13. The van der Waals surface area contributed by atoms with Crippen molar-refractivity contribution in [3.05, 3.63) is 92.8 Å². The molecule has 1 aliphatic rings. The minimum atomic E-state index is -1.16. The average Bonchev–Trinajstić information content (AvgIpc) is 3.12. The standard InChI is InChI=1S/C26H23FN2O4/c1-15-3-7-17(8-4-15)21-22-19-14-33-12-11-20(19)29(13-16-5-9-18(27)10-6-16)23(22)25(30)28(2)24(21)26(31)32/h3-10H,11-14H2,1-2H3,(H,31,32). The van der Waals surface area contributed by atoms with Crippen LogP contribution in [0.3, 0.4) is 0 Å². The van der Waals surface area contributed by atoms with Crippen LogP contribution in [0, 0.1) is 12.7 Å². The van der Waals surface area contributed by atoms with E-state index in [1.807, 2.05) is 35.8 Å². The maximum atomic E-state index is 13.6. The predicted molar refractivity (Wildman–Crippen MR) is 123 cm³/mol. The molecule has 0 atom stereocenters. The minimum Gasteiger partial charge on any atom is -0.477 e. The van der Waals surface area contributed by atoms with Crippen molar-refractivity contribution < 1.29 is 19.0 Å². The first-order chi connectivity index (χ1) is 15.9. The summed E-state index contributed by atoms with van der Waals surface area (Å²) < 4.78 is 22.4. The van der Waals surface area contributed by atoms with E-state index in [9.17, 15) is 19.1 Å². The van der Waals surface area contributed by atoms with Crippen LogP contribution in [0.1, 0.15) is 32.9 Å². The van der Waals surface area contributed by atoms with Gasteiger partial charge < -0.3 is 19.0 Å². The second-order valence-electron chi connectivity index (χ2n) is 8.42. The normalized spacial score (nSPS) is 13.3. The van der Waals surface area contributed by atoms with Crippen LogP contribution < -0.4 is 5.56 Å². The Labute approximate surface area is 189 Å². The number of ether oxygens (including phenoxy) is 1. The van der Waals surface area contributed by atoms with Gasteiger partial charge in [0.05, 0.1) is 13.2 Å². The third kappa shape index (κ3) is 3.45. The van der Waals surface area contributed by atoms with E-state index < -0.39 is 5.97 Å². The van der Waals surface area contributed by atoms with E-state index in [4.69, 9.17) is 4.74 Å². The van der Waals surface area contributed by atoms with E-state index in [1.165, 1.54) is 23.7 Å². The van der Waals surface area contributed by atoms with E-state index in [0.717, 1.165) is 27.9 Å². The molecule has 0 radical (unpaired) electrons. The molecular formula is C26H23FN2O4. The Morgan fingerprint density at radius 2 is 1.82 bits per heavy atom. The lowest BCUT2D eigenvalue weighted by Gasteiger charge is -2.17. The first kappa shape index (κ1) is 21.2. The molecule has 0 saturated heterocycles. The van der Waals surface area contributed by atoms with Gasteiger partial charge in [-0.05, 0) is 30.2 Å². The lowest BCUT2D eigenvalue weighted by Crippen LogP contribution is -2.26. The predicted octanol–water partition coefficient (Wildman–Crippen LogP) is 4.27. The Morgan fingerprint density at radius 3 is 2.48 bits per heavy atom. The van der Waals surface area contributed by atoms with E-state index in [-0.39, 0.29) is 17.1 Å². The Morgan fingerprint density at radius 1 is 1.12 bits per heavy atom. The van der Waals surface area contributed by atoms with Crippen LogP contribution in [0.15, 0.2) is 53.3 Å². The number of fused-ring (bicyclic) bond motifs is 3. The van der Waals surface area contributed by atoms with Gasteiger partial charge in [-0.1, -0.05) is 42.0 Å². The quantitative estimate of drug-likeness (QED) is 0.508. The molecule has 168 valence electrons. The number of hydrogen-bond donors (Lipinski definition) is 1. The van der Waals surface area contributed by atoms with Gasteiger partial charge >= 0.3 is 5.97 Å². The summed E-state index contributed by atoms with van der Waals surface area (Å²) in [5, 5.41) is 10.7. The Bertz CT molecular complexity index is 1450. The highest BCUT2D eigenvalue weighted by Gasteiger charge is 2.30. The van der Waals surface area contributed by atoms with Crippen LogP contribution in [-0.4, -0.2) is 26.8 Å². The molecule has 0 unspecified atom stereocenters. The number of carbonyl (C=O) groups is 1. The van der Waals surface area contributed by atoms with Gasteiger partial charge in [-0.3, -0.25) is 4.79 Å². The van der Waals surface area contributed by atoms with Crippen molar-refractivity contribution in [2.75, 3.05) is 6.61 Å². The number of aromatic nitrogens is 2. The van der Waals surface area contributed by atoms with Gasteiger partial charge in [0.25, 0.3) is 5.56 Å². The highest BCUT2D eigenvalue weighted by molar-refractivity contribution is 6.07. The van der Waals surface area contributed by atoms with E-state index in [1.54, 1.807) is 12.1 Å². The van der Waals surface area contributed by atoms with Crippen LogP contribution in [0.2, 0.25) is 0 Å². The highest BCUT2D eigenvalue weighted by Crippen LogP contribution is 2.38. The van der Waals surface area contributed by atoms with Gasteiger partial charge in [-0.15, -0.1) is 0 Å². The van der Waals surface area contributed by atoms with Crippen LogP contribution in [0.4, 0.5) is 4.39 Å². The van der Waals surface area contributed by atoms with Crippen LogP contribution in [0.25, 0.3) is 22.0 Å². The van der Waals surface area contributed by atoms with E-state index in [2.05, 4.69) is 0 Å². The molecule has 0 saturated carbocycles. The summed E-state index contributed by atoms with van der Waals surface area (Å²) in [6, 6.07) is 13.8. The van der Waals surface area contributed by atoms with Crippen molar-refractivity contribution in [2.45, 2.75) is 26.5 Å². The molecule has 2 aromatic heterocycles. The van der Waals surface area contributed by atoms with Gasteiger partial charge in [0.1, 0.15) is 17.0 Å². The number of aryl methyl sites for hydroxylation is 1. The first-order valence-corrected chi connectivity index (χ1v) is 10.8. The number of carboxylic acid groups (broad SMARTS) is 1. The molecule has 0 amide bonds. The molecule has 1 N–H and O–H groups in total. The number of nitrogens with zero attached hydrogens (tertiary/aromatic N) is 2. The van der Waals surface area contributed by atoms with Gasteiger partial charge in [0.15, 0.2) is 0 Å². The summed E-state index contributed by atoms with van der Waals surface area (Å²) in [6.07, 6.45) is 0.601.